The van der Waals surface area contributed by atoms with Gasteiger partial charge in [-0.15, -0.1) is 0 Å². The maximum atomic E-state index is 12.5. The maximum absolute atomic E-state index is 12.5. The second-order valence-corrected chi connectivity index (χ2v) is 17.5. The zero-order chi connectivity index (χ0) is 35.6. The number of ether oxygens (including phenoxy) is 2. The van der Waals surface area contributed by atoms with E-state index in [-0.39, 0.29) is 48.0 Å². The van der Waals surface area contributed by atoms with Gasteiger partial charge in [-0.05, 0) is 85.4 Å². The van der Waals surface area contributed by atoms with Crippen LogP contribution < -0.4 is 0 Å². The van der Waals surface area contributed by atoms with Gasteiger partial charge in [-0.2, -0.15) is 8.42 Å². The van der Waals surface area contributed by atoms with Gasteiger partial charge in [0.05, 0.1) is 43.2 Å². The minimum absolute atomic E-state index is 0.0204. The topological polar surface area (TPSA) is 224 Å². The van der Waals surface area contributed by atoms with Crippen LogP contribution in [0.15, 0.2) is 11.6 Å². The summed E-state index contributed by atoms with van der Waals surface area (Å²) in [6, 6.07) is 0. The fourth-order valence-corrected chi connectivity index (χ4v) is 11.6. The summed E-state index contributed by atoms with van der Waals surface area (Å²) >= 11 is 0. The predicted molar refractivity (Wildman–Crippen MR) is 172 cm³/mol. The number of fused-ring (bicyclic) bond motifs is 5. The average molecular weight is 707 g/mol. The standard InChI is InChI=1S/C34H58O13S/c1-17(2)19(10-13-45-31-29(40)26(37)23(16-46-31)47-48(42,43)44)7-6-18(3)25-27(38)28(39)30-33(25,5)12-9-24-32(4)11-8-20(35)14-21(32)22(36)15-34(24,30)41/h10,17-18,20-31,35-41H,6-9,11-16H2,1-5H3,(H,42,43,44)/b19-10-/t18-,20?,21?,22?,23-,24-,25+,26+,27?,28?,29-,30-,31-,32+,33-,34+/m1/s1. The van der Waals surface area contributed by atoms with Crippen molar-refractivity contribution in [1.82, 2.24) is 0 Å². The molecule has 0 aromatic carbocycles. The number of rotatable bonds is 10. The molecule has 0 aromatic heterocycles. The zero-order valence-electron chi connectivity index (χ0n) is 28.8. The highest BCUT2D eigenvalue weighted by atomic mass is 32.3. The molecule has 0 radical (unpaired) electrons. The highest BCUT2D eigenvalue weighted by Gasteiger charge is 2.72. The number of aliphatic hydroxyl groups is 7. The number of hydrogen-bond acceptors (Lipinski definition) is 12. The first-order chi connectivity index (χ1) is 22.2. The van der Waals surface area contributed by atoms with Crippen LogP contribution in [0, 0.1) is 46.3 Å². The molecular weight excluding hydrogens is 648 g/mol. The van der Waals surface area contributed by atoms with Gasteiger partial charge in [0, 0.05) is 12.3 Å². The summed E-state index contributed by atoms with van der Waals surface area (Å²) in [4.78, 5) is 0. The number of aliphatic hydroxyl groups excluding tert-OH is 6. The van der Waals surface area contributed by atoms with E-state index in [0.717, 1.165) is 18.4 Å². The lowest BCUT2D eigenvalue weighted by Gasteiger charge is -2.65. The molecule has 1 saturated heterocycles. The monoisotopic (exact) mass is 706 g/mol. The minimum Gasteiger partial charge on any atom is -0.393 e. The first-order valence-electron chi connectivity index (χ1n) is 17.6. The van der Waals surface area contributed by atoms with Gasteiger partial charge < -0.3 is 45.2 Å². The summed E-state index contributed by atoms with van der Waals surface area (Å²) in [6.45, 7) is 9.99. The quantitative estimate of drug-likeness (QED) is 0.119. The molecule has 1 heterocycles. The molecule has 0 bridgehead atoms. The molecular formula is C34H58O13S. The number of hydrogen-bond donors (Lipinski definition) is 8. The van der Waals surface area contributed by atoms with Crippen LogP contribution in [0.25, 0.3) is 0 Å². The summed E-state index contributed by atoms with van der Waals surface area (Å²) in [5, 5.41) is 78.1. The molecule has 0 spiro atoms. The second kappa shape index (κ2) is 14.0. The largest absolute Gasteiger partial charge is 0.397 e. The van der Waals surface area contributed by atoms with Crippen LogP contribution in [0.1, 0.15) is 86.0 Å². The van der Waals surface area contributed by atoms with Crippen LogP contribution in [0.3, 0.4) is 0 Å². The lowest BCUT2D eigenvalue weighted by atomic mass is 9.42. The lowest BCUT2D eigenvalue weighted by molar-refractivity contribution is -0.264. The summed E-state index contributed by atoms with van der Waals surface area (Å²) in [5.41, 5.74) is -1.21. The Kier molecular flexibility index (Phi) is 11.2. The zero-order valence-corrected chi connectivity index (χ0v) is 29.6. The Labute approximate surface area is 284 Å². The van der Waals surface area contributed by atoms with Crippen molar-refractivity contribution in [2.75, 3.05) is 13.2 Å². The van der Waals surface area contributed by atoms with Crippen LogP contribution in [0.4, 0.5) is 0 Å². The van der Waals surface area contributed by atoms with Crippen LogP contribution in [0.5, 0.6) is 0 Å². The van der Waals surface area contributed by atoms with Crippen molar-refractivity contribution in [1.29, 1.82) is 0 Å². The van der Waals surface area contributed by atoms with Crippen molar-refractivity contribution in [2.24, 2.45) is 46.3 Å². The molecule has 0 aromatic rings. The van der Waals surface area contributed by atoms with E-state index in [1.807, 2.05) is 19.9 Å². The van der Waals surface area contributed by atoms with Crippen molar-refractivity contribution in [3.63, 3.8) is 0 Å². The molecule has 0 amide bonds. The molecule has 14 heteroatoms. The van der Waals surface area contributed by atoms with Gasteiger partial charge in [0.25, 0.3) is 0 Å². The molecule has 5 fully saturated rings. The van der Waals surface area contributed by atoms with E-state index in [1.54, 1.807) is 0 Å². The molecule has 4 aliphatic carbocycles. The maximum Gasteiger partial charge on any atom is 0.397 e. The fourth-order valence-electron chi connectivity index (χ4n) is 11.1. The van der Waals surface area contributed by atoms with E-state index >= 15 is 0 Å². The van der Waals surface area contributed by atoms with Crippen molar-refractivity contribution in [2.45, 2.75) is 141 Å². The van der Waals surface area contributed by atoms with Gasteiger partial charge in [-0.25, -0.2) is 4.18 Å². The Morgan fingerprint density at radius 1 is 0.958 bits per heavy atom. The average Bonchev–Trinajstić information content (AvgIpc) is 3.19. The molecule has 16 atom stereocenters. The molecule has 5 aliphatic rings. The van der Waals surface area contributed by atoms with Crippen LogP contribution in [-0.4, -0.2) is 117 Å². The van der Waals surface area contributed by atoms with Gasteiger partial charge in [0.2, 0.25) is 0 Å². The molecule has 8 N–H and O–H groups in total. The van der Waals surface area contributed by atoms with E-state index in [1.165, 1.54) is 0 Å². The minimum atomic E-state index is -4.85. The van der Waals surface area contributed by atoms with Crippen LogP contribution >= 0.6 is 0 Å². The summed E-state index contributed by atoms with van der Waals surface area (Å²) in [6.07, 6.45) is -2.77. The van der Waals surface area contributed by atoms with Crippen LogP contribution in [0.2, 0.25) is 0 Å². The third kappa shape index (κ3) is 6.91. The molecule has 13 nitrogen and oxygen atoms in total. The van der Waals surface area contributed by atoms with Gasteiger partial charge in [-0.3, -0.25) is 4.55 Å². The lowest BCUT2D eigenvalue weighted by Crippen LogP contribution is -2.68. The fraction of sp³-hybridized carbons (Fsp3) is 0.941. The third-order valence-electron chi connectivity index (χ3n) is 13.4. The molecule has 278 valence electrons. The van der Waals surface area contributed by atoms with Crippen molar-refractivity contribution >= 4 is 10.4 Å². The van der Waals surface area contributed by atoms with Gasteiger partial charge in [0.15, 0.2) is 6.29 Å². The van der Waals surface area contributed by atoms with E-state index in [2.05, 4.69) is 25.0 Å². The van der Waals surface area contributed by atoms with Crippen molar-refractivity contribution in [3.8, 4) is 0 Å². The summed E-state index contributed by atoms with van der Waals surface area (Å²) in [7, 11) is -4.85. The van der Waals surface area contributed by atoms with Crippen LogP contribution in [-0.2, 0) is 24.1 Å². The SMILES string of the molecule is CC(C)/C(=C\CO[C@@H]1OC[C@@H](OS(=O)(=O)O)[C@H](O)[C@H]1O)CC[C@@H](C)[C@H]1C(O)C(O)[C@@H]2[C@]1(C)CC[C@H]1[C@@]2(O)CC(O)C2CC(O)CC[C@@]21C. The highest BCUT2D eigenvalue weighted by Crippen LogP contribution is 2.69. The Morgan fingerprint density at radius 3 is 2.27 bits per heavy atom. The number of allylic oxidation sites excluding steroid dienone is 1. The van der Waals surface area contributed by atoms with Gasteiger partial charge >= 0.3 is 10.4 Å². The third-order valence-corrected chi connectivity index (χ3v) is 13.8. The molecule has 4 saturated carbocycles. The Bertz CT molecular complexity index is 1280. The molecule has 1 aliphatic heterocycles. The highest BCUT2D eigenvalue weighted by molar-refractivity contribution is 7.80. The summed E-state index contributed by atoms with van der Waals surface area (Å²) < 4.78 is 46.2. The Hall–Kier alpha value is -0.750. The first-order valence-corrected chi connectivity index (χ1v) is 19.0. The first kappa shape index (κ1) is 38.5. The normalized spacial score (nSPS) is 48.9. The molecule has 5 rings (SSSR count). The Balaban J connectivity index is 1.24. The molecule has 5 unspecified atom stereocenters. The second-order valence-electron chi connectivity index (χ2n) is 16.4. The Morgan fingerprint density at radius 2 is 1.62 bits per heavy atom. The summed E-state index contributed by atoms with van der Waals surface area (Å²) in [5.74, 6) is -1.03. The van der Waals surface area contributed by atoms with E-state index in [0.29, 0.717) is 32.1 Å². The van der Waals surface area contributed by atoms with E-state index in [9.17, 15) is 44.2 Å². The molecule has 48 heavy (non-hydrogen) atoms. The van der Waals surface area contributed by atoms with Gasteiger partial charge in [0.1, 0.15) is 18.3 Å². The van der Waals surface area contributed by atoms with E-state index < -0.39 is 83.0 Å². The van der Waals surface area contributed by atoms with Gasteiger partial charge in [-0.1, -0.05) is 46.3 Å². The smallest absolute Gasteiger partial charge is 0.393 e. The van der Waals surface area contributed by atoms with Crippen molar-refractivity contribution < 1.29 is 62.4 Å². The van der Waals surface area contributed by atoms with Crippen molar-refractivity contribution in [3.05, 3.63) is 11.6 Å². The van der Waals surface area contributed by atoms with E-state index in [4.69, 9.17) is 14.0 Å². The predicted octanol–water partition coefficient (Wildman–Crippen LogP) is 1.31.